The number of ketones is 1. The van der Waals surface area contributed by atoms with Crippen LogP contribution < -0.4 is 15.0 Å². The van der Waals surface area contributed by atoms with E-state index in [1.54, 1.807) is 41.3 Å². The molecule has 0 aromatic heterocycles. The first-order valence-electron chi connectivity index (χ1n) is 10.4. The Morgan fingerprint density at radius 1 is 0.969 bits per heavy atom. The summed E-state index contributed by atoms with van der Waals surface area (Å²) >= 11 is 0. The molecule has 3 aromatic carbocycles. The fraction of sp³-hybridized carbons (Fsp3) is 0.192. The quantitative estimate of drug-likeness (QED) is 0.599. The number of Topliss-reactive ketones (excluding diaryl/α,β-unsaturated/α-hetero) is 1. The van der Waals surface area contributed by atoms with Crippen molar-refractivity contribution in [2.75, 3.05) is 16.8 Å². The van der Waals surface area contributed by atoms with E-state index in [9.17, 15) is 14.4 Å². The maximum Gasteiger partial charge on any atom is 0.265 e. The highest BCUT2D eigenvalue weighted by molar-refractivity contribution is 6.04. The molecule has 6 nitrogen and oxygen atoms in total. The van der Waals surface area contributed by atoms with Crippen molar-refractivity contribution in [3.8, 4) is 5.75 Å². The number of anilines is 2. The van der Waals surface area contributed by atoms with Crippen LogP contribution in [0.4, 0.5) is 11.4 Å². The largest absolute Gasteiger partial charge is 0.482 e. The molecule has 0 unspecified atom stereocenters. The zero-order valence-corrected chi connectivity index (χ0v) is 18.3. The molecule has 0 fully saturated rings. The number of amides is 2. The second-order valence-corrected chi connectivity index (χ2v) is 7.96. The van der Waals surface area contributed by atoms with E-state index in [1.165, 1.54) is 6.92 Å². The van der Waals surface area contributed by atoms with Crippen LogP contribution >= 0.6 is 0 Å². The normalized spacial score (nSPS) is 12.7. The SMILES string of the molecule is CC(=O)c1ccc2c(c1)N(Cc1cccc(C(=O)Nc3ccc(C)c(C)c3)c1)C(=O)CO2. The molecule has 0 spiro atoms. The van der Waals surface area contributed by atoms with E-state index in [2.05, 4.69) is 5.32 Å². The number of carbonyl (C=O) groups excluding carboxylic acids is 3. The summed E-state index contributed by atoms with van der Waals surface area (Å²) in [5, 5.41) is 2.92. The van der Waals surface area contributed by atoms with Gasteiger partial charge >= 0.3 is 0 Å². The van der Waals surface area contributed by atoms with Crippen molar-refractivity contribution in [1.29, 1.82) is 0 Å². The van der Waals surface area contributed by atoms with Gasteiger partial charge in [0.25, 0.3) is 11.8 Å². The van der Waals surface area contributed by atoms with Crippen molar-refractivity contribution in [2.24, 2.45) is 0 Å². The minimum atomic E-state index is -0.220. The molecular formula is C26H24N2O4. The number of carbonyl (C=O) groups is 3. The predicted molar refractivity (Wildman–Crippen MR) is 123 cm³/mol. The molecule has 1 heterocycles. The highest BCUT2D eigenvalue weighted by Crippen LogP contribution is 2.34. The zero-order chi connectivity index (χ0) is 22.8. The first-order chi connectivity index (χ1) is 15.3. The smallest absolute Gasteiger partial charge is 0.265 e. The molecule has 0 aliphatic carbocycles. The van der Waals surface area contributed by atoms with Gasteiger partial charge < -0.3 is 15.0 Å². The van der Waals surface area contributed by atoms with Crippen LogP contribution in [0.2, 0.25) is 0 Å². The minimum absolute atomic E-state index is 0.0701. The molecule has 3 aromatic rings. The van der Waals surface area contributed by atoms with Crippen molar-refractivity contribution in [2.45, 2.75) is 27.3 Å². The van der Waals surface area contributed by atoms with Crippen molar-refractivity contribution in [3.05, 3.63) is 88.5 Å². The van der Waals surface area contributed by atoms with E-state index in [0.717, 1.165) is 22.4 Å². The summed E-state index contributed by atoms with van der Waals surface area (Å²) in [6.45, 7) is 5.70. The summed E-state index contributed by atoms with van der Waals surface area (Å²) in [7, 11) is 0. The predicted octanol–water partition coefficient (Wildman–Crippen LogP) is 4.68. The lowest BCUT2D eigenvalue weighted by molar-refractivity contribution is -0.121. The highest BCUT2D eigenvalue weighted by atomic mass is 16.5. The molecule has 32 heavy (non-hydrogen) atoms. The number of aryl methyl sites for hydroxylation is 2. The van der Waals surface area contributed by atoms with Crippen molar-refractivity contribution >= 4 is 29.0 Å². The number of rotatable bonds is 5. The molecule has 1 aliphatic rings. The number of hydrogen-bond acceptors (Lipinski definition) is 4. The first-order valence-corrected chi connectivity index (χ1v) is 10.4. The van der Waals surface area contributed by atoms with Crippen LogP contribution in [0, 0.1) is 13.8 Å². The topological polar surface area (TPSA) is 75.7 Å². The van der Waals surface area contributed by atoms with Gasteiger partial charge in [0.15, 0.2) is 12.4 Å². The van der Waals surface area contributed by atoms with E-state index < -0.39 is 0 Å². The third-order valence-corrected chi connectivity index (χ3v) is 5.60. The Balaban J connectivity index is 1.57. The van der Waals surface area contributed by atoms with E-state index in [-0.39, 0.29) is 30.7 Å². The maximum atomic E-state index is 12.8. The van der Waals surface area contributed by atoms with Crippen LogP contribution in [-0.4, -0.2) is 24.2 Å². The molecule has 0 radical (unpaired) electrons. The van der Waals surface area contributed by atoms with E-state index in [4.69, 9.17) is 4.74 Å². The highest BCUT2D eigenvalue weighted by Gasteiger charge is 2.26. The monoisotopic (exact) mass is 428 g/mol. The summed E-state index contributed by atoms with van der Waals surface area (Å²) in [4.78, 5) is 38.8. The second-order valence-electron chi connectivity index (χ2n) is 7.96. The fourth-order valence-electron chi connectivity index (χ4n) is 3.61. The minimum Gasteiger partial charge on any atom is -0.482 e. The van der Waals surface area contributed by atoms with Gasteiger partial charge in [0, 0.05) is 16.8 Å². The maximum absolute atomic E-state index is 12.8. The summed E-state index contributed by atoms with van der Waals surface area (Å²) in [5.74, 6) is 0.0416. The van der Waals surface area contributed by atoms with Crippen LogP contribution in [0.3, 0.4) is 0 Å². The van der Waals surface area contributed by atoms with Gasteiger partial charge in [0.1, 0.15) is 5.75 Å². The van der Waals surface area contributed by atoms with Crippen molar-refractivity contribution < 1.29 is 19.1 Å². The Bertz CT molecular complexity index is 1230. The number of benzene rings is 3. The lowest BCUT2D eigenvalue weighted by Gasteiger charge is -2.30. The number of fused-ring (bicyclic) bond motifs is 1. The van der Waals surface area contributed by atoms with Crippen LogP contribution in [0.25, 0.3) is 0 Å². The van der Waals surface area contributed by atoms with Gasteiger partial charge in [-0.3, -0.25) is 14.4 Å². The Labute approximate surface area is 186 Å². The first kappa shape index (κ1) is 21.3. The van der Waals surface area contributed by atoms with Gasteiger partial charge in [-0.2, -0.15) is 0 Å². The molecule has 162 valence electrons. The van der Waals surface area contributed by atoms with Crippen molar-refractivity contribution in [1.82, 2.24) is 0 Å². The van der Waals surface area contributed by atoms with E-state index in [1.807, 2.05) is 38.1 Å². The van der Waals surface area contributed by atoms with Gasteiger partial charge in [-0.25, -0.2) is 0 Å². The Morgan fingerprint density at radius 2 is 1.78 bits per heavy atom. The molecule has 1 aliphatic heterocycles. The summed E-state index contributed by atoms with van der Waals surface area (Å²) in [6, 6.07) is 18.0. The van der Waals surface area contributed by atoms with E-state index in [0.29, 0.717) is 22.6 Å². The third-order valence-electron chi connectivity index (χ3n) is 5.60. The molecule has 1 N–H and O–H groups in total. The molecule has 0 bridgehead atoms. The third kappa shape index (κ3) is 4.39. The molecular weight excluding hydrogens is 404 g/mol. The molecule has 2 amide bonds. The number of nitrogens with one attached hydrogen (secondary N) is 1. The van der Waals surface area contributed by atoms with Crippen LogP contribution in [-0.2, 0) is 11.3 Å². The Morgan fingerprint density at radius 3 is 2.53 bits per heavy atom. The molecule has 0 saturated heterocycles. The van der Waals surface area contributed by atoms with Crippen molar-refractivity contribution in [3.63, 3.8) is 0 Å². The van der Waals surface area contributed by atoms with Gasteiger partial charge in [-0.1, -0.05) is 18.2 Å². The van der Waals surface area contributed by atoms with Gasteiger partial charge in [-0.15, -0.1) is 0 Å². The van der Waals surface area contributed by atoms with Gasteiger partial charge in [0.2, 0.25) is 0 Å². The standard InChI is InChI=1S/C26H24N2O4/c1-16-7-9-22(11-17(16)2)27-26(31)21-6-4-5-19(12-21)14-28-23-13-20(18(3)29)8-10-24(23)32-15-25(28)30/h4-13H,14-15H2,1-3H3,(H,27,31). The number of nitrogens with zero attached hydrogens (tertiary/aromatic N) is 1. The summed E-state index contributed by atoms with van der Waals surface area (Å²) < 4.78 is 5.52. The van der Waals surface area contributed by atoms with Crippen LogP contribution in [0.15, 0.2) is 60.7 Å². The zero-order valence-electron chi connectivity index (χ0n) is 18.3. The summed E-state index contributed by atoms with van der Waals surface area (Å²) in [6.07, 6.45) is 0. The number of hydrogen-bond donors (Lipinski definition) is 1. The fourth-order valence-corrected chi connectivity index (χ4v) is 3.61. The van der Waals surface area contributed by atoms with Gasteiger partial charge in [0.05, 0.1) is 12.2 Å². The van der Waals surface area contributed by atoms with Crippen LogP contribution in [0.5, 0.6) is 5.75 Å². The van der Waals surface area contributed by atoms with E-state index >= 15 is 0 Å². The second kappa shape index (κ2) is 8.67. The molecule has 4 rings (SSSR count). The Kier molecular flexibility index (Phi) is 5.77. The average Bonchev–Trinajstić information content (AvgIpc) is 2.78. The Hall–Kier alpha value is -3.93. The molecule has 6 heteroatoms. The van der Waals surface area contributed by atoms with Crippen LogP contribution in [0.1, 0.15) is 44.3 Å². The molecule has 0 atom stereocenters. The lowest BCUT2D eigenvalue weighted by atomic mass is 10.1. The number of ether oxygens (including phenoxy) is 1. The summed E-state index contributed by atoms with van der Waals surface area (Å²) in [5.41, 5.74) is 5.36. The lowest BCUT2D eigenvalue weighted by Crippen LogP contribution is -2.38. The van der Waals surface area contributed by atoms with Gasteiger partial charge in [-0.05, 0) is 79.9 Å². The average molecular weight is 428 g/mol. The molecule has 0 saturated carbocycles.